The van der Waals surface area contributed by atoms with Crippen molar-refractivity contribution in [3.05, 3.63) is 6.92 Å². The minimum absolute atomic E-state index is 0. The van der Waals surface area contributed by atoms with Gasteiger partial charge in [0.05, 0.1) is 0 Å². The van der Waals surface area contributed by atoms with Crippen LogP contribution in [-0.4, -0.2) is 0 Å². The van der Waals surface area contributed by atoms with Gasteiger partial charge in [-0.15, -0.1) is 0 Å². The van der Waals surface area contributed by atoms with Gasteiger partial charge in [0.1, 0.15) is 0 Å². The molecule has 0 nitrogen and oxygen atoms in total. The Bertz CT molecular complexity index is 44.8. The van der Waals surface area contributed by atoms with E-state index in [2.05, 4.69) is 13.8 Å². The Balaban J connectivity index is 0. The minimum atomic E-state index is 0. The van der Waals surface area contributed by atoms with Crippen molar-refractivity contribution in [2.24, 2.45) is 0 Å². The van der Waals surface area contributed by atoms with Gasteiger partial charge in [-0.25, -0.2) is 0 Å². The molecular formula is C10H21Cd. The van der Waals surface area contributed by atoms with Crippen molar-refractivity contribution >= 4 is 0 Å². The van der Waals surface area contributed by atoms with Crippen molar-refractivity contribution in [1.29, 1.82) is 0 Å². The van der Waals surface area contributed by atoms with E-state index in [1.165, 1.54) is 44.9 Å². The standard InChI is InChI=1S/C10H21.Cd/c1-3-5-7-9-10-8-6-4-2;/h1,3-10H2,2H3;. The van der Waals surface area contributed by atoms with E-state index in [4.69, 9.17) is 0 Å². The summed E-state index contributed by atoms with van der Waals surface area (Å²) in [5, 5.41) is 0. The van der Waals surface area contributed by atoms with Gasteiger partial charge < -0.3 is 0 Å². The molecule has 1 radical (unpaired) electrons. The van der Waals surface area contributed by atoms with Crippen LogP contribution >= 0.6 is 0 Å². The van der Waals surface area contributed by atoms with Crippen LogP contribution in [0.2, 0.25) is 0 Å². The molecule has 0 fully saturated rings. The monoisotopic (exact) mass is 255 g/mol. The molecule has 63 valence electrons. The molecule has 1 heteroatoms. The van der Waals surface area contributed by atoms with Crippen molar-refractivity contribution in [2.45, 2.75) is 58.3 Å². The Hall–Kier alpha value is 0.922. The molecule has 0 rings (SSSR count). The molecule has 0 bridgehead atoms. The first-order valence-electron chi connectivity index (χ1n) is 4.71. The van der Waals surface area contributed by atoms with E-state index in [-0.39, 0.29) is 27.3 Å². The van der Waals surface area contributed by atoms with Crippen LogP contribution in [0, 0.1) is 6.92 Å². The zero-order valence-electron chi connectivity index (χ0n) is 8.07. The summed E-state index contributed by atoms with van der Waals surface area (Å²) in [4.78, 5) is 0. The van der Waals surface area contributed by atoms with E-state index in [9.17, 15) is 0 Å². The van der Waals surface area contributed by atoms with Gasteiger partial charge in [-0.05, 0) is 0 Å². The third-order valence-electron chi connectivity index (χ3n) is 1.85. The van der Waals surface area contributed by atoms with Crippen molar-refractivity contribution in [1.82, 2.24) is 0 Å². The van der Waals surface area contributed by atoms with Crippen molar-refractivity contribution < 1.29 is 27.3 Å². The smallest absolute Gasteiger partial charge is 0 e. The molecule has 0 aliphatic carbocycles. The topological polar surface area (TPSA) is 0 Å². The summed E-state index contributed by atoms with van der Waals surface area (Å²) in [6.07, 6.45) is 10.9. The molecule has 0 unspecified atom stereocenters. The van der Waals surface area contributed by atoms with Crippen LogP contribution in [-0.2, 0) is 27.3 Å². The summed E-state index contributed by atoms with van der Waals surface area (Å²) < 4.78 is 0. The predicted molar refractivity (Wildman–Crippen MR) is 48.0 cm³/mol. The molecule has 0 amide bonds. The fourth-order valence-electron chi connectivity index (χ4n) is 1.13. The van der Waals surface area contributed by atoms with E-state index in [0.717, 1.165) is 6.42 Å². The summed E-state index contributed by atoms with van der Waals surface area (Å²) in [6, 6.07) is 0. The second-order valence-electron chi connectivity index (χ2n) is 2.97. The molecule has 0 saturated heterocycles. The molecule has 0 atom stereocenters. The van der Waals surface area contributed by atoms with E-state index in [1.54, 1.807) is 0 Å². The van der Waals surface area contributed by atoms with Crippen LogP contribution in [0.4, 0.5) is 0 Å². The third-order valence-corrected chi connectivity index (χ3v) is 1.85. The van der Waals surface area contributed by atoms with Crippen molar-refractivity contribution in [3.63, 3.8) is 0 Å². The number of unbranched alkanes of at least 4 members (excludes halogenated alkanes) is 7. The Morgan fingerprint density at radius 3 is 1.73 bits per heavy atom. The van der Waals surface area contributed by atoms with Crippen LogP contribution in [0.1, 0.15) is 58.3 Å². The number of hydrogen-bond donors (Lipinski definition) is 0. The molecule has 0 N–H and O–H groups in total. The summed E-state index contributed by atoms with van der Waals surface area (Å²) in [7, 11) is 0. The normalized spacial score (nSPS) is 9.27. The van der Waals surface area contributed by atoms with E-state index in [1.807, 2.05) is 0 Å². The van der Waals surface area contributed by atoms with Crippen molar-refractivity contribution in [2.75, 3.05) is 0 Å². The Kier molecular flexibility index (Phi) is 17.7. The van der Waals surface area contributed by atoms with E-state index >= 15 is 0 Å². The summed E-state index contributed by atoms with van der Waals surface area (Å²) >= 11 is 0. The molecule has 0 aliphatic rings. The van der Waals surface area contributed by atoms with Gasteiger partial charge in [-0.2, -0.15) is 0 Å². The molecule has 0 heterocycles. The molecule has 0 aromatic rings. The SMILES string of the molecule is [CH2]CCCCCCCCC.[Cd]. The van der Waals surface area contributed by atoms with E-state index in [0.29, 0.717) is 0 Å². The zero-order valence-corrected chi connectivity index (χ0v) is 12.1. The van der Waals surface area contributed by atoms with E-state index < -0.39 is 0 Å². The summed E-state index contributed by atoms with van der Waals surface area (Å²) in [5.74, 6) is 0. The second-order valence-corrected chi connectivity index (χ2v) is 2.97. The zero-order chi connectivity index (χ0) is 7.66. The van der Waals surface area contributed by atoms with Crippen LogP contribution in [0.25, 0.3) is 0 Å². The first-order valence-corrected chi connectivity index (χ1v) is 4.71. The fourth-order valence-corrected chi connectivity index (χ4v) is 1.13. The van der Waals surface area contributed by atoms with Gasteiger partial charge in [0, 0.05) is 27.3 Å². The number of rotatable bonds is 7. The Morgan fingerprint density at radius 2 is 1.27 bits per heavy atom. The second kappa shape index (κ2) is 13.5. The Morgan fingerprint density at radius 1 is 0.818 bits per heavy atom. The molecule has 0 aliphatic heterocycles. The quantitative estimate of drug-likeness (QED) is 0.476. The average molecular weight is 254 g/mol. The first kappa shape index (κ1) is 14.4. The largest absolute Gasteiger partial charge is 0.0654 e. The maximum absolute atomic E-state index is 3.82. The van der Waals surface area contributed by atoms with Gasteiger partial charge in [0.15, 0.2) is 0 Å². The van der Waals surface area contributed by atoms with Gasteiger partial charge >= 0.3 is 0 Å². The summed E-state index contributed by atoms with van der Waals surface area (Å²) in [5.41, 5.74) is 0. The van der Waals surface area contributed by atoms with Crippen LogP contribution in [0.15, 0.2) is 0 Å². The molecular weight excluding hydrogens is 233 g/mol. The molecule has 0 aromatic carbocycles. The van der Waals surface area contributed by atoms with Gasteiger partial charge in [0.2, 0.25) is 0 Å². The van der Waals surface area contributed by atoms with Crippen LogP contribution in [0.3, 0.4) is 0 Å². The fraction of sp³-hybridized carbons (Fsp3) is 0.900. The van der Waals surface area contributed by atoms with Gasteiger partial charge in [-0.1, -0.05) is 65.2 Å². The molecule has 0 aromatic heterocycles. The molecule has 11 heavy (non-hydrogen) atoms. The van der Waals surface area contributed by atoms with Gasteiger partial charge in [0.25, 0.3) is 0 Å². The molecule has 0 spiro atoms. The van der Waals surface area contributed by atoms with Crippen LogP contribution in [0.5, 0.6) is 0 Å². The summed E-state index contributed by atoms with van der Waals surface area (Å²) in [6.45, 7) is 6.08. The minimum Gasteiger partial charge on any atom is -0.0654 e. The predicted octanol–water partition coefficient (Wildman–Crippen LogP) is 3.96. The average Bonchev–Trinajstić information content (AvgIpc) is 1.97. The maximum atomic E-state index is 3.82. The Labute approximate surface area is 92.3 Å². The van der Waals surface area contributed by atoms with Crippen molar-refractivity contribution in [3.8, 4) is 0 Å². The maximum Gasteiger partial charge on any atom is 0 e. The van der Waals surface area contributed by atoms with Crippen LogP contribution < -0.4 is 0 Å². The van der Waals surface area contributed by atoms with Gasteiger partial charge in [-0.3, -0.25) is 0 Å². The first-order chi connectivity index (χ1) is 4.91. The third kappa shape index (κ3) is 13.9. The molecule has 0 saturated carbocycles. The number of hydrogen-bond acceptors (Lipinski definition) is 0.